The van der Waals surface area contributed by atoms with E-state index in [2.05, 4.69) is 10.9 Å². The molecule has 0 aliphatic carbocycles. The predicted molar refractivity (Wildman–Crippen MR) is 46.0 cm³/mol. The third-order valence-electron chi connectivity index (χ3n) is 2.41. The molecule has 74 valence electrons. The highest BCUT2D eigenvalue weighted by atomic mass is 16.4. The van der Waals surface area contributed by atoms with Crippen LogP contribution < -0.4 is 10.9 Å². The number of carboxylic acid groups (broad SMARTS) is 1. The van der Waals surface area contributed by atoms with Crippen molar-refractivity contribution in [2.75, 3.05) is 6.54 Å². The van der Waals surface area contributed by atoms with Gasteiger partial charge >= 0.3 is 5.97 Å². The van der Waals surface area contributed by atoms with E-state index in [4.69, 9.17) is 5.11 Å². The zero-order valence-corrected chi connectivity index (χ0v) is 7.97. The van der Waals surface area contributed by atoms with Crippen LogP contribution in [-0.4, -0.2) is 28.9 Å². The third kappa shape index (κ3) is 1.45. The van der Waals surface area contributed by atoms with E-state index in [0.29, 0.717) is 6.54 Å². The number of hydrogen-bond donors (Lipinski definition) is 3. The van der Waals surface area contributed by atoms with E-state index in [-0.39, 0.29) is 5.78 Å². The van der Waals surface area contributed by atoms with Gasteiger partial charge in [-0.3, -0.25) is 15.0 Å². The summed E-state index contributed by atoms with van der Waals surface area (Å²) in [7, 11) is 0. The smallest absolute Gasteiger partial charge is 0.316 e. The van der Waals surface area contributed by atoms with Gasteiger partial charge in [-0.15, -0.1) is 0 Å². The SMILES string of the molecule is CC1(C(=O)C(C)(C)C(=O)O)CNN1. The van der Waals surface area contributed by atoms with Crippen LogP contribution in [0.5, 0.6) is 0 Å². The molecule has 1 unspecified atom stereocenters. The summed E-state index contributed by atoms with van der Waals surface area (Å²) >= 11 is 0. The second-order valence-electron chi connectivity index (χ2n) is 4.07. The Labute approximate surface area is 76.5 Å². The van der Waals surface area contributed by atoms with Crippen molar-refractivity contribution < 1.29 is 14.7 Å². The first-order chi connectivity index (χ1) is 5.81. The molecule has 1 aliphatic heterocycles. The quantitative estimate of drug-likeness (QED) is 0.519. The number of carbonyl (C=O) groups is 2. The van der Waals surface area contributed by atoms with Gasteiger partial charge in [-0.1, -0.05) is 0 Å². The van der Waals surface area contributed by atoms with Crippen LogP contribution in [-0.2, 0) is 9.59 Å². The molecule has 13 heavy (non-hydrogen) atoms. The van der Waals surface area contributed by atoms with Crippen molar-refractivity contribution in [1.29, 1.82) is 0 Å². The first-order valence-corrected chi connectivity index (χ1v) is 4.09. The molecule has 0 aromatic heterocycles. The predicted octanol–water partition coefficient (Wildman–Crippen LogP) is -0.467. The molecule has 1 saturated heterocycles. The Morgan fingerprint density at radius 3 is 2.15 bits per heavy atom. The average Bonchev–Trinajstić information content (AvgIpc) is 1.98. The van der Waals surface area contributed by atoms with Gasteiger partial charge in [-0.05, 0) is 20.8 Å². The minimum atomic E-state index is -1.33. The number of nitrogens with one attached hydrogen (secondary N) is 2. The Morgan fingerprint density at radius 1 is 1.46 bits per heavy atom. The minimum absolute atomic E-state index is 0.300. The average molecular weight is 186 g/mol. The van der Waals surface area contributed by atoms with Crippen LogP contribution in [0.3, 0.4) is 0 Å². The van der Waals surface area contributed by atoms with E-state index >= 15 is 0 Å². The second kappa shape index (κ2) is 2.78. The molecule has 5 nitrogen and oxygen atoms in total. The van der Waals surface area contributed by atoms with Crippen LogP contribution in [0.1, 0.15) is 20.8 Å². The topological polar surface area (TPSA) is 78.4 Å². The van der Waals surface area contributed by atoms with Crippen molar-refractivity contribution in [2.24, 2.45) is 5.41 Å². The fraction of sp³-hybridized carbons (Fsp3) is 0.750. The van der Waals surface area contributed by atoms with Gasteiger partial charge in [0, 0.05) is 6.54 Å². The van der Waals surface area contributed by atoms with Crippen molar-refractivity contribution >= 4 is 11.8 Å². The normalized spacial score (nSPS) is 27.9. The maximum Gasteiger partial charge on any atom is 0.316 e. The van der Waals surface area contributed by atoms with Crippen molar-refractivity contribution in [2.45, 2.75) is 26.3 Å². The Kier molecular flexibility index (Phi) is 2.17. The minimum Gasteiger partial charge on any atom is -0.481 e. The fourth-order valence-electron chi connectivity index (χ4n) is 1.28. The lowest BCUT2D eigenvalue weighted by atomic mass is 9.76. The van der Waals surface area contributed by atoms with E-state index in [1.807, 2.05) is 0 Å². The molecule has 1 aliphatic rings. The lowest BCUT2D eigenvalue weighted by Crippen LogP contribution is -2.74. The van der Waals surface area contributed by atoms with Gasteiger partial charge in [-0.2, -0.15) is 0 Å². The lowest BCUT2D eigenvalue weighted by Gasteiger charge is -2.42. The van der Waals surface area contributed by atoms with Crippen LogP contribution in [0.2, 0.25) is 0 Å². The molecule has 0 bridgehead atoms. The van der Waals surface area contributed by atoms with Gasteiger partial charge in [-0.25, -0.2) is 5.43 Å². The second-order valence-corrected chi connectivity index (χ2v) is 4.07. The number of carbonyl (C=O) groups excluding carboxylic acids is 1. The molecule has 0 saturated carbocycles. The molecule has 0 aromatic rings. The molecule has 0 amide bonds. The molecule has 0 aromatic carbocycles. The van der Waals surface area contributed by atoms with E-state index < -0.39 is 16.9 Å². The van der Waals surface area contributed by atoms with Crippen LogP contribution in [0.25, 0.3) is 0 Å². The van der Waals surface area contributed by atoms with Gasteiger partial charge in [0.1, 0.15) is 11.0 Å². The maximum absolute atomic E-state index is 11.7. The molecule has 1 fully saturated rings. The summed E-state index contributed by atoms with van der Waals surface area (Å²) in [6.07, 6.45) is 0. The summed E-state index contributed by atoms with van der Waals surface area (Å²) in [5.74, 6) is -1.39. The number of rotatable bonds is 3. The van der Waals surface area contributed by atoms with Crippen LogP contribution in [0, 0.1) is 5.41 Å². The van der Waals surface area contributed by atoms with Gasteiger partial charge in [0.2, 0.25) is 0 Å². The summed E-state index contributed by atoms with van der Waals surface area (Å²) in [5.41, 5.74) is 3.39. The molecule has 0 spiro atoms. The van der Waals surface area contributed by atoms with Crippen LogP contribution >= 0.6 is 0 Å². The monoisotopic (exact) mass is 186 g/mol. The maximum atomic E-state index is 11.7. The highest BCUT2D eigenvalue weighted by molar-refractivity contribution is 6.07. The summed E-state index contributed by atoms with van der Waals surface area (Å²) < 4.78 is 0. The number of ketones is 1. The Balaban J connectivity index is 2.83. The molecule has 1 heterocycles. The summed E-state index contributed by atoms with van der Waals surface area (Å²) in [6, 6.07) is 0. The Bertz CT molecular complexity index is 256. The number of carboxylic acids is 1. The standard InChI is InChI=1S/C8H14N2O3/c1-7(2,6(12)13)5(11)8(3)4-9-10-8/h9-10H,4H2,1-3H3,(H,12,13). The number of hydrazine groups is 1. The largest absolute Gasteiger partial charge is 0.481 e. The molecule has 5 heteroatoms. The molecular formula is C8H14N2O3. The Hall–Kier alpha value is -0.940. The lowest BCUT2D eigenvalue weighted by molar-refractivity contribution is -0.156. The van der Waals surface area contributed by atoms with Gasteiger partial charge < -0.3 is 5.11 Å². The molecule has 0 radical (unpaired) electrons. The zero-order valence-electron chi connectivity index (χ0n) is 7.97. The third-order valence-corrected chi connectivity index (χ3v) is 2.41. The van der Waals surface area contributed by atoms with Crippen molar-refractivity contribution in [3.05, 3.63) is 0 Å². The van der Waals surface area contributed by atoms with Gasteiger partial charge in [0.25, 0.3) is 0 Å². The van der Waals surface area contributed by atoms with Gasteiger partial charge in [0.05, 0.1) is 0 Å². The van der Waals surface area contributed by atoms with E-state index in [0.717, 1.165) is 0 Å². The van der Waals surface area contributed by atoms with Crippen molar-refractivity contribution in [3.63, 3.8) is 0 Å². The summed E-state index contributed by atoms with van der Waals surface area (Å²) in [4.78, 5) is 22.5. The van der Waals surface area contributed by atoms with Crippen LogP contribution in [0.4, 0.5) is 0 Å². The van der Waals surface area contributed by atoms with Gasteiger partial charge in [0.15, 0.2) is 5.78 Å². The highest BCUT2D eigenvalue weighted by Gasteiger charge is 2.49. The van der Waals surface area contributed by atoms with Crippen LogP contribution in [0.15, 0.2) is 0 Å². The number of hydrogen-bond acceptors (Lipinski definition) is 4. The van der Waals surface area contributed by atoms with E-state index in [9.17, 15) is 9.59 Å². The summed E-state index contributed by atoms with van der Waals surface area (Å²) in [6.45, 7) is 5.00. The first kappa shape index (κ1) is 10.1. The fourth-order valence-corrected chi connectivity index (χ4v) is 1.28. The van der Waals surface area contributed by atoms with E-state index in [1.54, 1.807) is 6.92 Å². The molecule has 1 atom stereocenters. The zero-order chi connectivity index (χ0) is 10.3. The van der Waals surface area contributed by atoms with E-state index in [1.165, 1.54) is 13.8 Å². The molecule has 3 N–H and O–H groups in total. The number of aliphatic carboxylic acids is 1. The highest BCUT2D eigenvalue weighted by Crippen LogP contribution is 2.25. The summed E-state index contributed by atoms with van der Waals surface area (Å²) in [5, 5.41) is 8.83. The van der Waals surface area contributed by atoms with Crippen molar-refractivity contribution in [1.82, 2.24) is 10.9 Å². The molecular weight excluding hydrogens is 172 g/mol. The van der Waals surface area contributed by atoms with Crippen molar-refractivity contribution in [3.8, 4) is 0 Å². The molecule has 1 rings (SSSR count). The Morgan fingerprint density at radius 2 is 1.92 bits per heavy atom. The number of Topliss-reactive ketones (excluding diaryl/α,β-unsaturated/α-hetero) is 1. The first-order valence-electron chi connectivity index (χ1n) is 4.09.